The van der Waals surface area contributed by atoms with E-state index in [0.29, 0.717) is 16.3 Å². The zero-order valence-electron chi connectivity index (χ0n) is 13.9. The average molecular weight is 354 g/mol. The number of benzene rings is 1. The minimum atomic E-state index is -4.86. The first-order chi connectivity index (χ1) is 11.5. The van der Waals surface area contributed by atoms with Crippen LogP contribution >= 0.6 is 0 Å². The Hall–Kier alpha value is -2.64. The van der Waals surface area contributed by atoms with Crippen LogP contribution in [0.1, 0.15) is 26.3 Å². The molecule has 0 fully saturated rings. The standard InChI is InChI=1S/C17H17F3N2O3/c1-16(2,3)25-14(23)10-22-15(24)12(17(18,19)20)9-13(21-22)11-7-5-4-6-8-11/h4-9H,10H2,1-3H3. The summed E-state index contributed by atoms with van der Waals surface area (Å²) < 4.78 is 45.1. The first-order valence-electron chi connectivity index (χ1n) is 7.44. The molecule has 134 valence electrons. The van der Waals surface area contributed by atoms with Gasteiger partial charge in [-0.2, -0.15) is 18.3 Å². The van der Waals surface area contributed by atoms with Gasteiger partial charge >= 0.3 is 12.1 Å². The van der Waals surface area contributed by atoms with Crippen molar-refractivity contribution in [2.75, 3.05) is 0 Å². The van der Waals surface area contributed by atoms with Gasteiger partial charge in [0, 0.05) is 5.56 Å². The lowest BCUT2D eigenvalue weighted by atomic mass is 10.1. The number of esters is 1. The largest absolute Gasteiger partial charge is 0.459 e. The molecule has 0 saturated heterocycles. The average Bonchev–Trinajstić information content (AvgIpc) is 2.47. The molecule has 25 heavy (non-hydrogen) atoms. The number of halogens is 3. The molecule has 0 spiro atoms. The Morgan fingerprint density at radius 2 is 1.76 bits per heavy atom. The van der Waals surface area contributed by atoms with Gasteiger partial charge in [0.05, 0.1) is 5.69 Å². The highest BCUT2D eigenvalue weighted by molar-refractivity contribution is 5.69. The van der Waals surface area contributed by atoms with Crippen LogP contribution in [0.15, 0.2) is 41.2 Å². The van der Waals surface area contributed by atoms with Crippen LogP contribution in [0.25, 0.3) is 11.3 Å². The smallest absolute Gasteiger partial charge is 0.421 e. The van der Waals surface area contributed by atoms with Crippen molar-refractivity contribution in [3.63, 3.8) is 0 Å². The number of rotatable bonds is 3. The minimum absolute atomic E-state index is 0.0592. The third-order valence-electron chi connectivity index (χ3n) is 3.05. The number of hydrogen-bond donors (Lipinski definition) is 0. The summed E-state index contributed by atoms with van der Waals surface area (Å²) in [5.74, 6) is -0.847. The second-order valence-corrected chi connectivity index (χ2v) is 6.36. The molecular weight excluding hydrogens is 337 g/mol. The Morgan fingerprint density at radius 3 is 2.28 bits per heavy atom. The Labute approximate surface area is 142 Å². The topological polar surface area (TPSA) is 61.2 Å². The second-order valence-electron chi connectivity index (χ2n) is 6.36. The molecule has 1 aromatic carbocycles. The van der Waals surface area contributed by atoms with Crippen molar-refractivity contribution in [3.8, 4) is 11.3 Å². The van der Waals surface area contributed by atoms with Crippen molar-refractivity contribution in [2.45, 2.75) is 39.1 Å². The van der Waals surface area contributed by atoms with Gasteiger partial charge in [0.2, 0.25) is 0 Å². The first-order valence-corrected chi connectivity index (χ1v) is 7.44. The van der Waals surface area contributed by atoms with Crippen LogP contribution in [0.4, 0.5) is 13.2 Å². The first kappa shape index (κ1) is 18.7. The predicted octanol–water partition coefficient (Wildman–Crippen LogP) is 3.27. The van der Waals surface area contributed by atoms with Crippen LogP contribution in [0.3, 0.4) is 0 Å². The fraction of sp³-hybridized carbons (Fsp3) is 0.353. The second kappa shape index (κ2) is 6.70. The zero-order valence-corrected chi connectivity index (χ0v) is 13.9. The van der Waals surface area contributed by atoms with E-state index in [1.807, 2.05) is 0 Å². The monoisotopic (exact) mass is 354 g/mol. The van der Waals surface area contributed by atoms with E-state index in [2.05, 4.69) is 5.10 Å². The summed E-state index contributed by atoms with van der Waals surface area (Å²) in [5, 5.41) is 3.89. The highest BCUT2D eigenvalue weighted by Gasteiger charge is 2.36. The van der Waals surface area contributed by atoms with Crippen molar-refractivity contribution in [1.29, 1.82) is 0 Å². The maximum atomic E-state index is 13.2. The molecule has 2 aromatic rings. The lowest BCUT2D eigenvalue weighted by Crippen LogP contribution is -2.35. The molecule has 0 saturated carbocycles. The lowest BCUT2D eigenvalue weighted by Gasteiger charge is -2.20. The highest BCUT2D eigenvalue weighted by Crippen LogP contribution is 2.28. The van der Waals surface area contributed by atoms with E-state index < -0.39 is 35.4 Å². The van der Waals surface area contributed by atoms with Gasteiger partial charge in [0.25, 0.3) is 5.56 Å². The Morgan fingerprint density at radius 1 is 1.16 bits per heavy atom. The summed E-state index contributed by atoms with van der Waals surface area (Å²) in [4.78, 5) is 24.0. The van der Waals surface area contributed by atoms with Crippen molar-refractivity contribution in [3.05, 3.63) is 52.3 Å². The van der Waals surface area contributed by atoms with Gasteiger partial charge in [-0.1, -0.05) is 30.3 Å². The van der Waals surface area contributed by atoms with Crippen molar-refractivity contribution < 1.29 is 22.7 Å². The normalized spacial score (nSPS) is 12.1. The quantitative estimate of drug-likeness (QED) is 0.794. The van der Waals surface area contributed by atoms with E-state index >= 15 is 0 Å². The van der Waals surface area contributed by atoms with E-state index in [1.54, 1.807) is 51.1 Å². The van der Waals surface area contributed by atoms with E-state index in [0.717, 1.165) is 0 Å². The van der Waals surface area contributed by atoms with Gasteiger partial charge in [0.15, 0.2) is 0 Å². The summed E-state index contributed by atoms with van der Waals surface area (Å²) in [6, 6.07) is 8.77. The third kappa shape index (κ3) is 4.91. The predicted molar refractivity (Wildman–Crippen MR) is 84.8 cm³/mol. The maximum absolute atomic E-state index is 13.2. The molecule has 0 amide bonds. The minimum Gasteiger partial charge on any atom is -0.459 e. The maximum Gasteiger partial charge on any atom is 0.421 e. The summed E-state index contributed by atoms with van der Waals surface area (Å²) in [6.07, 6.45) is -4.86. The molecule has 0 bridgehead atoms. The van der Waals surface area contributed by atoms with Crippen LogP contribution in [-0.4, -0.2) is 21.4 Å². The molecule has 0 atom stereocenters. The molecule has 2 rings (SSSR count). The molecule has 5 nitrogen and oxygen atoms in total. The molecule has 0 aliphatic carbocycles. The fourth-order valence-electron chi connectivity index (χ4n) is 2.10. The molecule has 0 aliphatic rings. The Balaban J connectivity index is 2.52. The summed E-state index contributed by atoms with van der Waals surface area (Å²) in [6.45, 7) is 4.13. The van der Waals surface area contributed by atoms with E-state index in [-0.39, 0.29) is 5.69 Å². The molecule has 1 aromatic heterocycles. The third-order valence-corrected chi connectivity index (χ3v) is 3.05. The van der Waals surface area contributed by atoms with Gasteiger partial charge in [-0.3, -0.25) is 9.59 Å². The number of nitrogens with zero attached hydrogens (tertiary/aromatic N) is 2. The Bertz CT molecular complexity index is 822. The number of carbonyl (C=O) groups excluding carboxylic acids is 1. The van der Waals surface area contributed by atoms with Gasteiger partial charge in [0.1, 0.15) is 17.7 Å². The number of alkyl halides is 3. The van der Waals surface area contributed by atoms with Crippen molar-refractivity contribution in [2.24, 2.45) is 0 Å². The van der Waals surface area contributed by atoms with Crippen LogP contribution < -0.4 is 5.56 Å². The van der Waals surface area contributed by atoms with Crippen molar-refractivity contribution >= 4 is 5.97 Å². The molecule has 0 unspecified atom stereocenters. The SMILES string of the molecule is CC(C)(C)OC(=O)Cn1nc(-c2ccccc2)cc(C(F)(F)F)c1=O. The summed E-state index contributed by atoms with van der Waals surface area (Å²) >= 11 is 0. The fourth-order valence-corrected chi connectivity index (χ4v) is 2.10. The molecule has 0 N–H and O–H groups in total. The van der Waals surface area contributed by atoms with E-state index in [1.165, 1.54) is 0 Å². The molecule has 0 aliphatic heterocycles. The molecule has 0 radical (unpaired) electrons. The van der Waals surface area contributed by atoms with Gasteiger partial charge in [-0.15, -0.1) is 0 Å². The Kier molecular flexibility index (Phi) is 5.01. The van der Waals surface area contributed by atoms with E-state index in [4.69, 9.17) is 4.74 Å². The van der Waals surface area contributed by atoms with E-state index in [9.17, 15) is 22.8 Å². The number of ether oxygens (including phenoxy) is 1. The number of hydrogen-bond acceptors (Lipinski definition) is 4. The zero-order chi connectivity index (χ0) is 18.8. The van der Waals surface area contributed by atoms with Crippen LogP contribution in [0, 0.1) is 0 Å². The lowest BCUT2D eigenvalue weighted by molar-refractivity contribution is -0.156. The summed E-state index contributed by atoms with van der Waals surface area (Å²) in [7, 11) is 0. The van der Waals surface area contributed by atoms with Crippen LogP contribution in [-0.2, 0) is 22.3 Å². The van der Waals surface area contributed by atoms with Crippen molar-refractivity contribution in [1.82, 2.24) is 9.78 Å². The van der Waals surface area contributed by atoms with Crippen LogP contribution in [0.2, 0.25) is 0 Å². The highest BCUT2D eigenvalue weighted by atomic mass is 19.4. The molecular formula is C17H17F3N2O3. The molecule has 8 heteroatoms. The summed E-state index contributed by atoms with van der Waals surface area (Å²) in [5.41, 5.74) is -3.27. The van der Waals surface area contributed by atoms with Crippen LogP contribution in [0.5, 0.6) is 0 Å². The number of carbonyl (C=O) groups is 1. The number of aromatic nitrogens is 2. The van der Waals surface area contributed by atoms with Gasteiger partial charge in [-0.25, -0.2) is 4.68 Å². The molecule has 1 heterocycles. The van der Waals surface area contributed by atoms with Gasteiger partial charge < -0.3 is 4.74 Å². The van der Waals surface area contributed by atoms with Gasteiger partial charge in [-0.05, 0) is 26.8 Å².